The lowest BCUT2D eigenvalue weighted by atomic mass is 10.0. The molecule has 3 aromatic rings. The highest BCUT2D eigenvalue weighted by Gasteiger charge is 2.35. The highest BCUT2D eigenvalue weighted by molar-refractivity contribution is 6.32. The highest BCUT2D eigenvalue weighted by Crippen LogP contribution is 2.38. The summed E-state index contributed by atoms with van der Waals surface area (Å²) in [5, 5.41) is 3.27. The van der Waals surface area contributed by atoms with E-state index < -0.39 is 6.04 Å². The van der Waals surface area contributed by atoms with Crippen molar-refractivity contribution >= 4 is 29.1 Å². The van der Waals surface area contributed by atoms with Gasteiger partial charge in [0.05, 0.1) is 38.3 Å². The van der Waals surface area contributed by atoms with Crippen molar-refractivity contribution in [1.82, 2.24) is 4.90 Å². The molecular weight excluding hydrogens is 468 g/mol. The Bertz CT molecular complexity index is 1250. The van der Waals surface area contributed by atoms with Crippen LogP contribution in [0.25, 0.3) is 0 Å². The molecule has 1 heterocycles. The molecule has 0 aliphatic carbocycles. The Morgan fingerprint density at radius 2 is 1.77 bits per heavy atom. The fourth-order valence-corrected chi connectivity index (χ4v) is 4.49. The maximum absolute atomic E-state index is 13.3. The number of ether oxygens (including phenoxy) is 3. The molecule has 1 aliphatic heterocycles. The predicted molar refractivity (Wildman–Crippen MR) is 134 cm³/mol. The fraction of sp³-hybridized carbons (Fsp3) is 0.259. The van der Waals surface area contributed by atoms with Crippen LogP contribution in [0.5, 0.6) is 17.2 Å². The molecule has 0 fully saturated rings. The van der Waals surface area contributed by atoms with Crippen LogP contribution in [0.15, 0.2) is 60.7 Å². The number of rotatable bonds is 9. The molecule has 3 aromatic carbocycles. The zero-order valence-corrected chi connectivity index (χ0v) is 20.6. The summed E-state index contributed by atoms with van der Waals surface area (Å²) in [7, 11) is 3.09. The SMILES string of the molecule is CCOc1ccc(C(CC(=O)Nc2ccc(OC)c(Cl)c2)N2Cc3ccccc3C2=O)cc1OC. The molecule has 1 aliphatic rings. The van der Waals surface area contributed by atoms with Crippen molar-refractivity contribution in [3.05, 3.63) is 82.4 Å². The van der Waals surface area contributed by atoms with Gasteiger partial charge in [0.25, 0.3) is 5.91 Å². The van der Waals surface area contributed by atoms with Crippen molar-refractivity contribution in [2.24, 2.45) is 0 Å². The van der Waals surface area contributed by atoms with Crippen LogP contribution < -0.4 is 19.5 Å². The Hall–Kier alpha value is -3.71. The molecule has 1 N–H and O–H groups in total. The summed E-state index contributed by atoms with van der Waals surface area (Å²) in [6.07, 6.45) is 0.0422. The third-order valence-corrected chi connectivity index (χ3v) is 6.21. The van der Waals surface area contributed by atoms with Gasteiger partial charge in [-0.15, -0.1) is 0 Å². The Balaban J connectivity index is 1.64. The third-order valence-electron chi connectivity index (χ3n) is 5.91. The van der Waals surface area contributed by atoms with Crippen LogP contribution in [-0.2, 0) is 11.3 Å². The summed E-state index contributed by atoms with van der Waals surface area (Å²) in [5.41, 5.74) is 2.90. The van der Waals surface area contributed by atoms with Gasteiger partial charge in [0.2, 0.25) is 5.91 Å². The first-order valence-electron chi connectivity index (χ1n) is 11.3. The number of benzene rings is 3. The number of hydrogen-bond acceptors (Lipinski definition) is 5. The molecule has 0 saturated heterocycles. The number of nitrogens with one attached hydrogen (secondary N) is 1. The summed E-state index contributed by atoms with van der Waals surface area (Å²) in [6, 6.07) is 17.5. The number of methoxy groups -OCH3 is 2. The van der Waals surface area contributed by atoms with Gasteiger partial charge in [0, 0.05) is 17.8 Å². The van der Waals surface area contributed by atoms with Crippen LogP contribution in [-0.4, -0.2) is 37.5 Å². The number of anilines is 1. The number of nitrogens with zero attached hydrogens (tertiary/aromatic N) is 1. The summed E-state index contributed by atoms with van der Waals surface area (Å²) < 4.78 is 16.3. The summed E-state index contributed by atoms with van der Waals surface area (Å²) in [6.45, 7) is 2.80. The fourth-order valence-electron chi connectivity index (χ4n) is 4.23. The summed E-state index contributed by atoms with van der Waals surface area (Å²) in [5.74, 6) is 1.29. The average molecular weight is 495 g/mol. The Morgan fingerprint density at radius 1 is 1.03 bits per heavy atom. The monoisotopic (exact) mass is 494 g/mol. The van der Waals surface area contributed by atoms with E-state index in [0.717, 1.165) is 11.1 Å². The number of amides is 2. The topological polar surface area (TPSA) is 77.1 Å². The molecule has 2 amide bonds. The maximum Gasteiger partial charge on any atom is 0.255 e. The van der Waals surface area contributed by atoms with E-state index in [9.17, 15) is 9.59 Å². The second-order valence-electron chi connectivity index (χ2n) is 8.05. The summed E-state index contributed by atoms with van der Waals surface area (Å²) >= 11 is 6.21. The van der Waals surface area contributed by atoms with E-state index in [1.807, 2.05) is 43.3 Å². The van der Waals surface area contributed by atoms with Crippen LogP contribution in [0.3, 0.4) is 0 Å². The average Bonchev–Trinajstić information content (AvgIpc) is 3.19. The van der Waals surface area contributed by atoms with E-state index in [-0.39, 0.29) is 18.2 Å². The number of carbonyl (C=O) groups is 2. The number of carbonyl (C=O) groups excluding carboxylic acids is 2. The van der Waals surface area contributed by atoms with E-state index in [2.05, 4.69) is 5.32 Å². The molecule has 35 heavy (non-hydrogen) atoms. The van der Waals surface area contributed by atoms with Gasteiger partial charge < -0.3 is 24.4 Å². The van der Waals surface area contributed by atoms with Crippen LogP contribution >= 0.6 is 11.6 Å². The van der Waals surface area contributed by atoms with Crippen molar-refractivity contribution in [3.63, 3.8) is 0 Å². The first-order chi connectivity index (χ1) is 16.9. The van der Waals surface area contributed by atoms with Crippen LogP contribution in [0, 0.1) is 0 Å². The van der Waals surface area contributed by atoms with Crippen LogP contribution in [0.4, 0.5) is 5.69 Å². The first kappa shape index (κ1) is 24.4. The molecule has 1 atom stereocenters. The molecule has 182 valence electrons. The van der Waals surface area contributed by atoms with Crippen molar-refractivity contribution in [2.45, 2.75) is 25.9 Å². The lowest BCUT2D eigenvalue weighted by Gasteiger charge is -2.28. The lowest BCUT2D eigenvalue weighted by Crippen LogP contribution is -2.32. The Labute approximate surface area is 209 Å². The lowest BCUT2D eigenvalue weighted by molar-refractivity contribution is -0.117. The standard InChI is InChI=1S/C27H27ClN2O5/c1-4-35-24-11-9-17(13-25(24)34-3)22(30-16-18-7-5-6-8-20(18)27(30)32)15-26(31)29-19-10-12-23(33-2)21(28)14-19/h5-14,22H,4,15-16H2,1-3H3,(H,29,31). The largest absolute Gasteiger partial charge is 0.495 e. The maximum atomic E-state index is 13.3. The minimum Gasteiger partial charge on any atom is -0.495 e. The number of halogens is 1. The van der Waals surface area contributed by atoms with Gasteiger partial charge in [-0.3, -0.25) is 9.59 Å². The quantitative estimate of drug-likeness (QED) is 0.426. The molecule has 0 bridgehead atoms. The predicted octanol–water partition coefficient (Wildman–Crippen LogP) is 5.48. The van der Waals surface area contributed by atoms with E-state index in [0.29, 0.717) is 46.7 Å². The van der Waals surface area contributed by atoms with Gasteiger partial charge >= 0.3 is 0 Å². The molecule has 4 rings (SSSR count). The van der Waals surface area contributed by atoms with Gasteiger partial charge in [-0.05, 0) is 54.4 Å². The minimum absolute atomic E-state index is 0.0422. The van der Waals surface area contributed by atoms with Crippen LogP contribution in [0.2, 0.25) is 5.02 Å². The number of fused-ring (bicyclic) bond motifs is 1. The molecule has 8 heteroatoms. The van der Waals surface area contributed by atoms with Gasteiger partial charge in [0.15, 0.2) is 11.5 Å². The van der Waals surface area contributed by atoms with E-state index >= 15 is 0 Å². The first-order valence-corrected chi connectivity index (χ1v) is 11.7. The normalized spacial score (nSPS) is 13.3. The van der Waals surface area contributed by atoms with Gasteiger partial charge in [-0.25, -0.2) is 0 Å². The van der Waals surface area contributed by atoms with Crippen LogP contribution in [0.1, 0.15) is 40.9 Å². The highest BCUT2D eigenvalue weighted by atomic mass is 35.5. The van der Waals surface area contributed by atoms with Crippen molar-refractivity contribution in [1.29, 1.82) is 0 Å². The molecule has 0 radical (unpaired) electrons. The smallest absolute Gasteiger partial charge is 0.255 e. The van der Waals surface area contributed by atoms with Crippen molar-refractivity contribution < 1.29 is 23.8 Å². The van der Waals surface area contributed by atoms with E-state index in [1.165, 1.54) is 7.11 Å². The van der Waals surface area contributed by atoms with Crippen molar-refractivity contribution in [3.8, 4) is 17.2 Å². The van der Waals surface area contributed by atoms with E-state index in [1.54, 1.807) is 36.3 Å². The minimum atomic E-state index is -0.520. The second-order valence-corrected chi connectivity index (χ2v) is 8.46. The molecule has 0 spiro atoms. The van der Waals surface area contributed by atoms with Gasteiger partial charge in [-0.1, -0.05) is 35.9 Å². The summed E-state index contributed by atoms with van der Waals surface area (Å²) in [4.78, 5) is 28.2. The van der Waals surface area contributed by atoms with Gasteiger partial charge in [0.1, 0.15) is 5.75 Å². The zero-order valence-electron chi connectivity index (χ0n) is 19.8. The molecule has 0 aromatic heterocycles. The molecule has 1 unspecified atom stereocenters. The second kappa shape index (κ2) is 10.7. The molecule has 0 saturated carbocycles. The molecule has 7 nitrogen and oxygen atoms in total. The third kappa shape index (κ3) is 5.20. The number of hydrogen-bond donors (Lipinski definition) is 1. The zero-order chi connectivity index (χ0) is 24.9. The Morgan fingerprint density at radius 3 is 2.46 bits per heavy atom. The van der Waals surface area contributed by atoms with E-state index in [4.69, 9.17) is 25.8 Å². The van der Waals surface area contributed by atoms with Crippen molar-refractivity contribution in [2.75, 3.05) is 26.1 Å². The van der Waals surface area contributed by atoms with Gasteiger partial charge in [-0.2, -0.15) is 0 Å². The molecular formula is C27H27ClN2O5. The Kier molecular flexibility index (Phi) is 7.46.